The summed E-state index contributed by atoms with van der Waals surface area (Å²) in [5, 5.41) is 7.93. The minimum Gasteiger partial charge on any atom is -0.444 e. The predicted octanol–water partition coefficient (Wildman–Crippen LogP) is 3.21. The zero-order valence-corrected chi connectivity index (χ0v) is 21.7. The van der Waals surface area contributed by atoms with Gasteiger partial charge < -0.3 is 20.7 Å². The van der Waals surface area contributed by atoms with Crippen LogP contribution < -0.4 is 16.0 Å². The molecule has 0 saturated carbocycles. The molecule has 0 aliphatic carbocycles. The number of amides is 5. The lowest BCUT2D eigenvalue weighted by atomic mass is 10.1. The molecule has 0 fully saturated rings. The Morgan fingerprint density at radius 1 is 0.917 bits per heavy atom. The molecular formula is C25H27BrN4O6. The lowest BCUT2D eigenvalue weighted by Crippen LogP contribution is -2.37. The van der Waals surface area contributed by atoms with Crippen molar-refractivity contribution in [3.8, 4) is 0 Å². The topological polar surface area (TPSA) is 134 Å². The Labute approximate surface area is 216 Å². The number of hydrogen-bond acceptors (Lipinski definition) is 6. The van der Waals surface area contributed by atoms with Gasteiger partial charge in [0.2, 0.25) is 11.8 Å². The maximum absolute atomic E-state index is 12.5. The molecule has 0 unspecified atom stereocenters. The zero-order chi connectivity index (χ0) is 26.5. The van der Waals surface area contributed by atoms with Crippen molar-refractivity contribution in [2.24, 2.45) is 0 Å². The minimum absolute atomic E-state index is 0.0994. The predicted molar refractivity (Wildman–Crippen MR) is 135 cm³/mol. The van der Waals surface area contributed by atoms with Crippen LogP contribution in [0.25, 0.3) is 0 Å². The minimum atomic E-state index is -0.607. The molecule has 0 aromatic heterocycles. The van der Waals surface area contributed by atoms with E-state index in [2.05, 4.69) is 31.9 Å². The van der Waals surface area contributed by atoms with E-state index in [1.165, 1.54) is 0 Å². The molecule has 1 heterocycles. The number of imide groups is 1. The third-order valence-electron chi connectivity index (χ3n) is 4.98. The molecule has 2 aromatic carbocycles. The van der Waals surface area contributed by atoms with Gasteiger partial charge in [0, 0.05) is 29.7 Å². The van der Waals surface area contributed by atoms with Crippen LogP contribution >= 0.6 is 15.9 Å². The average molecular weight is 559 g/mol. The van der Waals surface area contributed by atoms with Gasteiger partial charge in [-0.25, -0.2) is 4.79 Å². The number of carbonyl (C=O) groups excluding carboxylic acids is 5. The number of rotatable bonds is 8. The zero-order valence-electron chi connectivity index (χ0n) is 20.1. The van der Waals surface area contributed by atoms with Crippen LogP contribution in [0.1, 0.15) is 53.5 Å². The van der Waals surface area contributed by atoms with Gasteiger partial charge in [0.15, 0.2) is 0 Å². The smallest absolute Gasteiger partial charge is 0.407 e. The number of anilines is 1. The van der Waals surface area contributed by atoms with Crippen molar-refractivity contribution in [1.82, 2.24) is 15.5 Å². The van der Waals surface area contributed by atoms with Crippen molar-refractivity contribution in [3.05, 3.63) is 63.6 Å². The standard InChI is InChI=1S/C25H27BrN4O6/c1-25(2,3)36-24(35)27-11-10-20(31)28-13-15-4-7-17(8-5-15)29-21(32)14-30-22(33)18-9-6-16(26)12-19(18)23(30)34/h4-9,12H,10-11,13-14H2,1-3H3,(H,27,35)(H,28,31)(H,29,32). The van der Waals surface area contributed by atoms with Gasteiger partial charge in [-0.1, -0.05) is 28.1 Å². The summed E-state index contributed by atoms with van der Waals surface area (Å²) in [5.74, 6) is -1.78. The van der Waals surface area contributed by atoms with Gasteiger partial charge in [0.05, 0.1) is 11.1 Å². The maximum Gasteiger partial charge on any atom is 0.407 e. The number of carbonyl (C=O) groups is 5. The fraction of sp³-hybridized carbons (Fsp3) is 0.320. The fourth-order valence-corrected chi connectivity index (χ4v) is 3.70. The van der Waals surface area contributed by atoms with Crippen LogP contribution in [0.4, 0.5) is 10.5 Å². The first-order valence-electron chi connectivity index (χ1n) is 11.2. The number of alkyl carbamates (subject to hydrolysis) is 1. The normalized spacial score (nSPS) is 12.7. The summed E-state index contributed by atoms with van der Waals surface area (Å²) in [4.78, 5) is 61.9. The van der Waals surface area contributed by atoms with Crippen molar-refractivity contribution < 1.29 is 28.7 Å². The van der Waals surface area contributed by atoms with E-state index >= 15 is 0 Å². The van der Waals surface area contributed by atoms with E-state index < -0.39 is 36.0 Å². The van der Waals surface area contributed by atoms with Crippen molar-refractivity contribution in [1.29, 1.82) is 0 Å². The monoisotopic (exact) mass is 558 g/mol. The van der Waals surface area contributed by atoms with E-state index in [1.54, 1.807) is 63.2 Å². The summed E-state index contributed by atoms with van der Waals surface area (Å²) >= 11 is 3.27. The highest BCUT2D eigenvalue weighted by molar-refractivity contribution is 9.10. The number of halogens is 1. The van der Waals surface area contributed by atoms with Gasteiger partial charge in [-0.3, -0.25) is 24.1 Å². The van der Waals surface area contributed by atoms with Gasteiger partial charge >= 0.3 is 6.09 Å². The molecule has 2 aromatic rings. The molecule has 3 N–H and O–H groups in total. The first kappa shape index (κ1) is 26.9. The van der Waals surface area contributed by atoms with Gasteiger partial charge in [-0.2, -0.15) is 0 Å². The van der Waals surface area contributed by atoms with Crippen LogP contribution in [-0.2, 0) is 20.9 Å². The van der Waals surface area contributed by atoms with Crippen molar-refractivity contribution >= 4 is 51.3 Å². The number of hydrogen-bond donors (Lipinski definition) is 3. The lowest BCUT2D eigenvalue weighted by Gasteiger charge is -2.19. The number of ether oxygens (including phenoxy) is 1. The Balaban J connectivity index is 1.42. The third-order valence-corrected chi connectivity index (χ3v) is 5.48. The number of fused-ring (bicyclic) bond motifs is 1. The first-order valence-corrected chi connectivity index (χ1v) is 12.0. The van der Waals surface area contributed by atoms with Crippen LogP contribution in [-0.4, -0.2) is 53.3 Å². The average Bonchev–Trinajstić information content (AvgIpc) is 3.01. The number of nitrogens with zero attached hydrogens (tertiary/aromatic N) is 1. The van der Waals surface area contributed by atoms with E-state index in [4.69, 9.17) is 4.74 Å². The van der Waals surface area contributed by atoms with E-state index in [9.17, 15) is 24.0 Å². The third kappa shape index (κ3) is 7.38. The highest BCUT2D eigenvalue weighted by atomic mass is 79.9. The molecule has 5 amide bonds. The molecule has 190 valence electrons. The molecule has 3 rings (SSSR count). The Morgan fingerprint density at radius 3 is 2.25 bits per heavy atom. The van der Waals surface area contributed by atoms with Crippen LogP contribution in [0.5, 0.6) is 0 Å². The molecule has 11 heteroatoms. The van der Waals surface area contributed by atoms with Crippen LogP contribution in [0, 0.1) is 0 Å². The second-order valence-electron chi connectivity index (χ2n) is 9.09. The van der Waals surface area contributed by atoms with E-state index in [-0.39, 0.29) is 36.5 Å². The quantitative estimate of drug-likeness (QED) is 0.426. The summed E-state index contributed by atoms with van der Waals surface area (Å²) in [5.41, 5.74) is 1.20. The van der Waals surface area contributed by atoms with E-state index in [1.807, 2.05) is 0 Å². The molecular weight excluding hydrogens is 532 g/mol. The SMILES string of the molecule is CC(C)(C)OC(=O)NCCC(=O)NCc1ccc(NC(=O)CN2C(=O)c3ccc(Br)cc3C2=O)cc1. The Morgan fingerprint density at radius 2 is 1.58 bits per heavy atom. The Kier molecular flexibility index (Phi) is 8.46. The summed E-state index contributed by atoms with van der Waals surface area (Å²) in [6, 6.07) is 11.5. The molecule has 1 aliphatic rings. The van der Waals surface area contributed by atoms with E-state index in [0.717, 1.165) is 10.5 Å². The van der Waals surface area contributed by atoms with Gasteiger partial charge in [0.25, 0.3) is 11.8 Å². The Bertz CT molecular complexity index is 1190. The highest BCUT2D eigenvalue weighted by Crippen LogP contribution is 2.26. The van der Waals surface area contributed by atoms with Gasteiger partial charge in [0.1, 0.15) is 12.1 Å². The van der Waals surface area contributed by atoms with Gasteiger partial charge in [-0.15, -0.1) is 0 Å². The molecule has 36 heavy (non-hydrogen) atoms. The Hall–Kier alpha value is -3.73. The number of nitrogens with one attached hydrogen (secondary N) is 3. The largest absolute Gasteiger partial charge is 0.444 e. The lowest BCUT2D eigenvalue weighted by molar-refractivity contribution is -0.121. The summed E-state index contributed by atoms with van der Waals surface area (Å²) in [6.07, 6.45) is -0.480. The molecule has 0 atom stereocenters. The van der Waals surface area contributed by atoms with Crippen molar-refractivity contribution in [2.75, 3.05) is 18.4 Å². The maximum atomic E-state index is 12.5. The summed E-state index contributed by atoms with van der Waals surface area (Å²) < 4.78 is 5.77. The molecule has 0 radical (unpaired) electrons. The molecule has 10 nitrogen and oxygen atoms in total. The number of benzene rings is 2. The highest BCUT2D eigenvalue weighted by Gasteiger charge is 2.36. The molecule has 1 aliphatic heterocycles. The van der Waals surface area contributed by atoms with Crippen LogP contribution in [0.2, 0.25) is 0 Å². The van der Waals surface area contributed by atoms with Crippen LogP contribution in [0.3, 0.4) is 0 Å². The first-order chi connectivity index (χ1) is 16.9. The second kappa shape index (κ2) is 11.3. The summed E-state index contributed by atoms with van der Waals surface area (Å²) in [7, 11) is 0. The molecule has 0 spiro atoms. The second-order valence-corrected chi connectivity index (χ2v) is 10.0. The summed E-state index contributed by atoms with van der Waals surface area (Å²) in [6.45, 7) is 5.27. The molecule has 0 saturated heterocycles. The van der Waals surface area contributed by atoms with Crippen molar-refractivity contribution in [3.63, 3.8) is 0 Å². The van der Waals surface area contributed by atoms with Crippen molar-refractivity contribution in [2.45, 2.75) is 39.3 Å². The van der Waals surface area contributed by atoms with Crippen LogP contribution in [0.15, 0.2) is 46.9 Å². The van der Waals surface area contributed by atoms with Gasteiger partial charge in [-0.05, 0) is 56.7 Å². The fourth-order valence-electron chi connectivity index (χ4n) is 3.34. The van der Waals surface area contributed by atoms with E-state index in [0.29, 0.717) is 10.2 Å². The molecule has 0 bridgehead atoms.